The van der Waals surface area contributed by atoms with E-state index in [4.69, 9.17) is 24.3 Å². The number of unbranched alkanes of at least 4 members (excludes halogenated alkanes) is 21. The first-order valence-corrected chi connectivity index (χ1v) is 21.3. The number of phosphoric ester groups is 1. The summed E-state index contributed by atoms with van der Waals surface area (Å²) in [4.78, 5) is 22.4. The summed E-state index contributed by atoms with van der Waals surface area (Å²) in [6.45, 7) is 4.89. The van der Waals surface area contributed by atoms with Gasteiger partial charge in [-0.1, -0.05) is 154 Å². The van der Waals surface area contributed by atoms with Crippen LogP contribution in [0.2, 0.25) is 0 Å². The zero-order chi connectivity index (χ0) is 35.2. The largest absolute Gasteiger partial charge is 0.472 e. The molecule has 0 aromatic rings. The van der Waals surface area contributed by atoms with E-state index in [1.54, 1.807) is 0 Å². The average molecular weight is 702 g/mol. The van der Waals surface area contributed by atoms with E-state index in [9.17, 15) is 14.3 Å². The van der Waals surface area contributed by atoms with E-state index in [1.165, 1.54) is 103 Å². The third-order valence-electron chi connectivity index (χ3n) is 8.37. The maximum atomic E-state index is 12.5. The molecule has 0 saturated carbocycles. The van der Waals surface area contributed by atoms with E-state index in [2.05, 4.69) is 38.2 Å². The molecule has 0 aliphatic heterocycles. The van der Waals surface area contributed by atoms with Gasteiger partial charge >= 0.3 is 13.8 Å². The van der Waals surface area contributed by atoms with Crippen LogP contribution in [0.4, 0.5) is 0 Å². The summed E-state index contributed by atoms with van der Waals surface area (Å²) in [5.41, 5.74) is 5.35. The number of carbonyl (C=O) groups is 1. The summed E-state index contributed by atoms with van der Waals surface area (Å²) < 4.78 is 33.3. The molecule has 9 heteroatoms. The van der Waals surface area contributed by atoms with Crippen LogP contribution in [0.1, 0.15) is 181 Å². The smallest absolute Gasteiger partial charge is 0.457 e. The molecule has 0 aliphatic carbocycles. The van der Waals surface area contributed by atoms with Gasteiger partial charge < -0.3 is 20.1 Å². The van der Waals surface area contributed by atoms with Crippen LogP contribution in [-0.2, 0) is 27.9 Å². The number of nitrogens with two attached hydrogens (primary N) is 1. The van der Waals surface area contributed by atoms with E-state index in [1.807, 2.05) is 0 Å². The lowest BCUT2D eigenvalue weighted by Crippen LogP contribution is -2.28. The minimum Gasteiger partial charge on any atom is -0.457 e. The van der Waals surface area contributed by atoms with Crippen LogP contribution in [0.5, 0.6) is 0 Å². The Labute approximate surface area is 296 Å². The molecule has 0 spiro atoms. The number of phosphoric acid groups is 1. The lowest BCUT2D eigenvalue weighted by Gasteiger charge is -2.20. The van der Waals surface area contributed by atoms with Gasteiger partial charge in [0.05, 0.1) is 19.8 Å². The Balaban J connectivity index is 4.09. The fourth-order valence-electron chi connectivity index (χ4n) is 5.44. The highest BCUT2D eigenvalue weighted by Gasteiger charge is 2.25. The summed E-state index contributed by atoms with van der Waals surface area (Å²) in [5.74, 6) is -0.343. The number of ether oxygens (including phenoxy) is 2. The molecule has 0 aromatic carbocycles. The maximum absolute atomic E-state index is 12.5. The number of allylic oxidation sites excluding steroid dienone is 4. The van der Waals surface area contributed by atoms with E-state index >= 15 is 0 Å². The quantitative estimate of drug-likeness (QED) is 0.0283. The predicted octanol–water partition coefficient (Wildman–Crippen LogP) is 11.3. The van der Waals surface area contributed by atoms with Gasteiger partial charge in [0.15, 0.2) is 0 Å². The van der Waals surface area contributed by atoms with Gasteiger partial charge in [-0.25, -0.2) is 4.57 Å². The predicted molar refractivity (Wildman–Crippen MR) is 201 cm³/mol. The standard InChI is InChI=1S/C39H76NO7P/c1-3-5-7-9-11-13-15-17-19-20-22-24-26-28-30-32-39(41)47-38(37-46-48(42,43)45-35-33-40)36-44-34-31-29-27-25-23-21-18-16-14-12-10-8-6-4-2/h11,13,17,19,38H,3-10,12,14-16,18,20-37,40H2,1-2H3,(H,42,43)/b13-11-,19-17-. The average Bonchev–Trinajstić information content (AvgIpc) is 3.07. The van der Waals surface area contributed by atoms with Crippen molar-refractivity contribution in [1.82, 2.24) is 0 Å². The topological polar surface area (TPSA) is 117 Å². The van der Waals surface area contributed by atoms with E-state index in [0.29, 0.717) is 13.0 Å². The van der Waals surface area contributed by atoms with Gasteiger partial charge in [-0.3, -0.25) is 13.8 Å². The van der Waals surface area contributed by atoms with Crippen LogP contribution in [0.3, 0.4) is 0 Å². The molecular weight excluding hydrogens is 625 g/mol. The summed E-state index contributed by atoms with van der Waals surface area (Å²) >= 11 is 0. The van der Waals surface area contributed by atoms with Crippen molar-refractivity contribution in [1.29, 1.82) is 0 Å². The monoisotopic (exact) mass is 702 g/mol. The number of carbonyl (C=O) groups excluding carboxylic acids is 1. The van der Waals surface area contributed by atoms with Gasteiger partial charge in [0, 0.05) is 19.6 Å². The van der Waals surface area contributed by atoms with E-state index < -0.39 is 13.9 Å². The first-order valence-electron chi connectivity index (χ1n) is 19.8. The van der Waals surface area contributed by atoms with Crippen molar-refractivity contribution < 1.29 is 32.8 Å². The van der Waals surface area contributed by atoms with E-state index in [0.717, 1.165) is 57.8 Å². The van der Waals surface area contributed by atoms with Crippen LogP contribution >= 0.6 is 7.82 Å². The molecule has 0 bridgehead atoms. The van der Waals surface area contributed by atoms with Gasteiger partial charge in [-0.05, 0) is 44.9 Å². The third kappa shape index (κ3) is 36.3. The Morgan fingerprint density at radius 1 is 0.625 bits per heavy atom. The normalized spacial score (nSPS) is 13.8. The molecule has 0 aliphatic rings. The van der Waals surface area contributed by atoms with Crippen LogP contribution in [0.15, 0.2) is 24.3 Å². The molecule has 0 radical (unpaired) electrons. The van der Waals surface area contributed by atoms with Crippen molar-refractivity contribution in [3.8, 4) is 0 Å². The van der Waals surface area contributed by atoms with Gasteiger partial charge in [-0.2, -0.15) is 0 Å². The highest BCUT2D eigenvalue weighted by Crippen LogP contribution is 2.43. The first-order chi connectivity index (χ1) is 23.4. The Kier molecular flexibility index (Phi) is 36.4. The zero-order valence-corrected chi connectivity index (χ0v) is 32.1. The second-order valence-corrected chi connectivity index (χ2v) is 14.6. The molecule has 0 fully saturated rings. The second kappa shape index (κ2) is 37.2. The summed E-state index contributed by atoms with van der Waals surface area (Å²) in [7, 11) is -4.27. The Morgan fingerprint density at radius 3 is 1.67 bits per heavy atom. The van der Waals surface area contributed by atoms with Gasteiger partial charge in [-0.15, -0.1) is 0 Å². The van der Waals surface area contributed by atoms with Gasteiger partial charge in [0.1, 0.15) is 6.10 Å². The number of esters is 1. The SMILES string of the molecule is CCCCC/C=C\C/C=C\CCCCCCCC(=O)OC(COCCCCCCCCCCCCCCCC)COP(=O)(O)OCCN. The molecule has 0 heterocycles. The Morgan fingerprint density at radius 2 is 1.10 bits per heavy atom. The molecule has 0 amide bonds. The third-order valence-corrected chi connectivity index (χ3v) is 9.36. The Bertz CT molecular complexity index is 792. The molecule has 284 valence electrons. The summed E-state index contributed by atoms with van der Waals surface area (Å²) in [5, 5.41) is 0. The summed E-state index contributed by atoms with van der Waals surface area (Å²) in [6, 6.07) is 0. The van der Waals surface area contributed by atoms with Gasteiger partial charge in [0.25, 0.3) is 0 Å². The molecular formula is C39H76NO7P. The lowest BCUT2D eigenvalue weighted by molar-refractivity contribution is -0.154. The highest BCUT2D eigenvalue weighted by atomic mass is 31.2. The zero-order valence-electron chi connectivity index (χ0n) is 31.2. The maximum Gasteiger partial charge on any atom is 0.472 e. The highest BCUT2D eigenvalue weighted by molar-refractivity contribution is 7.47. The fourth-order valence-corrected chi connectivity index (χ4v) is 6.20. The van der Waals surface area contributed by atoms with Gasteiger partial charge in [0.2, 0.25) is 0 Å². The first kappa shape index (κ1) is 47.0. The molecule has 8 nitrogen and oxygen atoms in total. The molecule has 0 rings (SSSR count). The van der Waals surface area contributed by atoms with E-state index in [-0.39, 0.29) is 32.3 Å². The molecule has 48 heavy (non-hydrogen) atoms. The van der Waals surface area contributed by atoms with Crippen LogP contribution in [0.25, 0.3) is 0 Å². The molecule has 2 atom stereocenters. The van der Waals surface area contributed by atoms with Crippen LogP contribution in [-0.4, -0.2) is 49.9 Å². The van der Waals surface area contributed by atoms with Crippen molar-refractivity contribution in [2.45, 2.75) is 187 Å². The molecule has 0 aromatic heterocycles. The van der Waals surface area contributed by atoms with Crippen LogP contribution < -0.4 is 5.73 Å². The van der Waals surface area contributed by atoms with Crippen molar-refractivity contribution in [2.24, 2.45) is 5.73 Å². The minimum atomic E-state index is -4.27. The fraction of sp³-hybridized carbons (Fsp3) is 0.872. The van der Waals surface area contributed by atoms with Crippen LogP contribution in [0, 0.1) is 0 Å². The summed E-state index contributed by atoms with van der Waals surface area (Å²) in [6.07, 6.45) is 39.0. The number of rotatable bonds is 38. The van der Waals surface area contributed by atoms with Crippen molar-refractivity contribution in [3.63, 3.8) is 0 Å². The van der Waals surface area contributed by atoms with Crippen molar-refractivity contribution in [2.75, 3.05) is 33.0 Å². The molecule has 0 saturated heterocycles. The lowest BCUT2D eigenvalue weighted by atomic mass is 10.0. The Hall–Kier alpha value is -1.02. The number of hydrogen-bond acceptors (Lipinski definition) is 7. The molecule has 2 unspecified atom stereocenters. The van der Waals surface area contributed by atoms with Crippen molar-refractivity contribution >= 4 is 13.8 Å². The number of hydrogen-bond donors (Lipinski definition) is 2. The van der Waals surface area contributed by atoms with Crippen molar-refractivity contribution in [3.05, 3.63) is 24.3 Å². The second-order valence-electron chi connectivity index (χ2n) is 13.1. The molecule has 3 N–H and O–H groups in total. The minimum absolute atomic E-state index is 0.0965.